The van der Waals surface area contributed by atoms with E-state index in [-0.39, 0.29) is 43.7 Å². The van der Waals surface area contributed by atoms with Crippen LogP contribution in [0, 0.1) is 6.92 Å². The summed E-state index contributed by atoms with van der Waals surface area (Å²) in [5.41, 5.74) is 2.80. The van der Waals surface area contributed by atoms with Crippen LogP contribution in [-0.4, -0.2) is 67.6 Å². The van der Waals surface area contributed by atoms with Gasteiger partial charge in [-0.15, -0.1) is 0 Å². The number of imide groups is 1. The highest BCUT2D eigenvalue weighted by molar-refractivity contribution is 6.06. The number of rotatable bonds is 15. The number of ether oxygens (including phenoxy) is 3. The first-order chi connectivity index (χ1) is 19.4. The molecular formula is C30H37N3O7. The maximum atomic E-state index is 12.9. The summed E-state index contributed by atoms with van der Waals surface area (Å²) in [4.78, 5) is 50.6. The molecule has 4 rings (SSSR count). The minimum absolute atomic E-state index is 0.116. The fourth-order valence-corrected chi connectivity index (χ4v) is 4.80. The van der Waals surface area contributed by atoms with Gasteiger partial charge in [-0.3, -0.25) is 24.5 Å². The number of benzene rings is 2. The van der Waals surface area contributed by atoms with Gasteiger partial charge in [0.25, 0.3) is 5.91 Å². The molecule has 2 N–H and O–H groups in total. The van der Waals surface area contributed by atoms with E-state index in [1.165, 1.54) is 10.5 Å². The van der Waals surface area contributed by atoms with Crippen molar-refractivity contribution < 1.29 is 33.4 Å². The van der Waals surface area contributed by atoms with Crippen LogP contribution >= 0.6 is 0 Å². The summed E-state index contributed by atoms with van der Waals surface area (Å²) in [6, 6.07) is 12.4. The highest BCUT2D eigenvalue weighted by Crippen LogP contribution is 2.32. The molecule has 2 aliphatic rings. The van der Waals surface area contributed by atoms with Gasteiger partial charge in [0, 0.05) is 49.6 Å². The molecule has 1 atom stereocenters. The quantitative estimate of drug-likeness (QED) is 0.257. The molecule has 0 aliphatic carbocycles. The van der Waals surface area contributed by atoms with Crippen LogP contribution in [0.1, 0.15) is 60.0 Å². The van der Waals surface area contributed by atoms with Crippen molar-refractivity contribution in [3.05, 3.63) is 59.2 Å². The number of carbonyl (C=O) groups is 4. The number of nitrogens with zero attached hydrogens (tertiary/aromatic N) is 1. The highest BCUT2D eigenvalue weighted by Gasteiger charge is 2.39. The van der Waals surface area contributed by atoms with E-state index < -0.39 is 11.9 Å². The topological polar surface area (TPSA) is 123 Å². The number of anilines is 1. The number of hydrogen-bond acceptors (Lipinski definition) is 7. The SMILES string of the molecule is Cc1cccc(OCCCCCOCCCOCC(=O)Nc2cccc3c2CN(C2CCC(=O)NC2=O)C3=O)c1. The van der Waals surface area contributed by atoms with Gasteiger partial charge >= 0.3 is 0 Å². The maximum Gasteiger partial charge on any atom is 0.255 e. The number of aryl methyl sites for hydroxylation is 1. The lowest BCUT2D eigenvalue weighted by molar-refractivity contribution is -0.137. The minimum Gasteiger partial charge on any atom is -0.494 e. The molecule has 1 unspecified atom stereocenters. The van der Waals surface area contributed by atoms with Crippen molar-refractivity contribution in [2.45, 2.75) is 58.0 Å². The van der Waals surface area contributed by atoms with Gasteiger partial charge < -0.3 is 24.4 Å². The minimum atomic E-state index is -0.704. The molecule has 4 amide bonds. The van der Waals surface area contributed by atoms with Crippen molar-refractivity contribution in [2.24, 2.45) is 0 Å². The van der Waals surface area contributed by atoms with Crippen LogP contribution in [0.5, 0.6) is 5.75 Å². The molecule has 10 nitrogen and oxygen atoms in total. The Morgan fingerprint density at radius 1 is 0.975 bits per heavy atom. The van der Waals surface area contributed by atoms with Crippen LogP contribution in [0.25, 0.3) is 0 Å². The third kappa shape index (κ3) is 8.12. The Labute approximate surface area is 234 Å². The molecule has 2 aromatic carbocycles. The molecule has 1 fully saturated rings. The monoisotopic (exact) mass is 551 g/mol. The van der Waals surface area contributed by atoms with E-state index >= 15 is 0 Å². The van der Waals surface area contributed by atoms with Crippen LogP contribution in [0.3, 0.4) is 0 Å². The zero-order valence-corrected chi connectivity index (χ0v) is 22.9. The second-order valence-corrected chi connectivity index (χ2v) is 10.0. The van der Waals surface area contributed by atoms with Crippen LogP contribution in [0.4, 0.5) is 5.69 Å². The number of nitrogens with one attached hydrogen (secondary N) is 2. The molecule has 2 heterocycles. The van der Waals surface area contributed by atoms with Crippen LogP contribution in [0.2, 0.25) is 0 Å². The van der Waals surface area contributed by atoms with E-state index in [0.717, 1.165) is 25.0 Å². The summed E-state index contributed by atoms with van der Waals surface area (Å²) >= 11 is 0. The van der Waals surface area contributed by atoms with Crippen molar-refractivity contribution >= 4 is 29.3 Å². The molecule has 0 bridgehead atoms. The Morgan fingerprint density at radius 3 is 2.58 bits per heavy atom. The van der Waals surface area contributed by atoms with Gasteiger partial charge in [-0.05, 0) is 68.9 Å². The Bertz CT molecular complexity index is 1220. The standard InChI is InChI=1S/C30H37N3O7/c1-21-8-5-9-22(18-21)40-17-4-2-3-14-38-15-7-16-39-20-28(35)31-25-11-6-10-23-24(25)19-33(30(23)37)26-12-13-27(34)32-29(26)36/h5-6,8-11,18,26H,2-4,7,12-17,19-20H2,1H3,(H,31,35)(H,32,34,36). The molecule has 2 aromatic rings. The maximum absolute atomic E-state index is 12.9. The van der Waals surface area contributed by atoms with Gasteiger partial charge in [0.2, 0.25) is 17.7 Å². The third-order valence-corrected chi connectivity index (χ3v) is 6.86. The lowest BCUT2D eigenvalue weighted by atomic mass is 10.0. The molecule has 0 aromatic heterocycles. The van der Waals surface area contributed by atoms with E-state index in [2.05, 4.69) is 10.6 Å². The molecule has 2 aliphatic heterocycles. The summed E-state index contributed by atoms with van der Waals surface area (Å²) in [7, 11) is 0. The lowest BCUT2D eigenvalue weighted by Gasteiger charge is -2.29. The molecule has 0 radical (unpaired) electrons. The molecule has 0 spiro atoms. The van der Waals surface area contributed by atoms with Crippen LogP contribution in [0.15, 0.2) is 42.5 Å². The van der Waals surface area contributed by atoms with E-state index in [1.807, 2.05) is 31.2 Å². The van der Waals surface area contributed by atoms with Crippen molar-refractivity contribution in [3.8, 4) is 5.75 Å². The van der Waals surface area contributed by atoms with E-state index in [4.69, 9.17) is 14.2 Å². The largest absolute Gasteiger partial charge is 0.494 e. The highest BCUT2D eigenvalue weighted by atomic mass is 16.5. The van der Waals surface area contributed by atoms with E-state index in [1.54, 1.807) is 18.2 Å². The second-order valence-electron chi connectivity index (χ2n) is 10.0. The summed E-state index contributed by atoms with van der Waals surface area (Å²) in [6.45, 7) is 4.45. The van der Waals surface area contributed by atoms with Gasteiger partial charge in [0.05, 0.1) is 6.61 Å². The van der Waals surface area contributed by atoms with Crippen LogP contribution < -0.4 is 15.4 Å². The first kappa shape index (κ1) is 29.2. The molecule has 214 valence electrons. The molecule has 40 heavy (non-hydrogen) atoms. The summed E-state index contributed by atoms with van der Waals surface area (Å²) < 4.78 is 16.9. The Kier molecular flexibility index (Phi) is 10.7. The van der Waals surface area contributed by atoms with Crippen molar-refractivity contribution in [2.75, 3.05) is 38.4 Å². The van der Waals surface area contributed by atoms with E-state index in [9.17, 15) is 19.2 Å². The van der Waals surface area contributed by atoms with E-state index in [0.29, 0.717) is 49.7 Å². The van der Waals surface area contributed by atoms with Gasteiger partial charge in [-0.25, -0.2) is 0 Å². The smallest absolute Gasteiger partial charge is 0.255 e. The third-order valence-electron chi connectivity index (χ3n) is 6.86. The summed E-state index contributed by atoms with van der Waals surface area (Å²) in [5.74, 6) is -0.504. The average Bonchev–Trinajstić information content (AvgIpc) is 3.26. The Hall–Kier alpha value is -3.76. The van der Waals surface area contributed by atoms with Gasteiger partial charge in [-0.2, -0.15) is 0 Å². The van der Waals surface area contributed by atoms with Crippen molar-refractivity contribution in [1.82, 2.24) is 10.2 Å². The first-order valence-electron chi connectivity index (χ1n) is 13.8. The zero-order chi connectivity index (χ0) is 28.3. The number of fused-ring (bicyclic) bond motifs is 1. The zero-order valence-electron chi connectivity index (χ0n) is 22.9. The summed E-state index contributed by atoms with van der Waals surface area (Å²) in [5, 5.41) is 5.10. The van der Waals surface area contributed by atoms with Gasteiger partial charge in [0.15, 0.2) is 0 Å². The van der Waals surface area contributed by atoms with Crippen LogP contribution in [-0.2, 0) is 30.4 Å². The number of hydrogen-bond donors (Lipinski definition) is 2. The van der Waals surface area contributed by atoms with Gasteiger partial charge in [-0.1, -0.05) is 18.2 Å². The summed E-state index contributed by atoms with van der Waals surface area (Å²) in [6.07, 6.45) is 4.12. The molecule has 1 saturated heterocycles. The average molecular weight is 552 g/mol. The number of carbonyl (C=O) groups excluding carboxylic acids is 4. The predicted octanol–water partition coefficient (Wildman–Crippen LogP) is 3.37. The lowest BCUT2D eigenvalue weighted by Crippen LogP contribution is -2.52. The molecule has 10 heteroatoms. The number of unbranched alkanes of at least 4 members (excludes halogenated alkanes) is 2. The Morgan fingerprint density at radius 2 is 1.75 bits per heavy atom. The van der Waals surface area contributed by atoms with Crippen molar-refractivity contribution in [3.63, 3.8) is 0 Å². The normalized spacial score (nSPS) is 16.6. The van der Waals surface area contributed by atoms with Gasteiger partial charge in [0.1, 0.15) is 18.4 Å². The Balaban J connectivity index is 1.06. The fourth-order valence-electron chi connectivity index (χ4n) is 4.80. The fraction of sp³-hybridized carbons (Fsp3) is 0.467. The van der Waals surface area contributed by atoms with Crippen molar-refractivity contribution in [1.29, 1.82) is 0 Å². The predicted molar refractivity (Wildman–Crippen MR) is 148 cm³/mol. The molecule has 0 saturated carbocycles. The second kappa shape index (κ2) is 14.6. The number of piperidine rings is 1. The number of amides is 4. The molecular weight excluding hydrogens is 514 g/mol. The first-order valence-corrected chi connectivity index (χ1v) is 13.8.